The number of nitrogens with zero attached hydrogens (tertiary/aromatic N) is 3. The minimum absolute atomic E-state index is 0.0200. The fourth-order valence-electron chi connectivity index (χ4n) is 3.29. The third kappa shape index (κ3) is 5.64. The summed E-state index contributed by atoms with van der Waals surface area (Å²) in [5.74, 6) is -0.796. The molecule has 32 heavy (non-hydrogen) atoms. The van der Waals surface area contributed by atoms with Crippen LogP contribution >= 0.6 is 0 Å². The molecule has 2 aromatic rings. The van der Waals surface area contributed by atoms with Gasteiger partial charge < -0.3 is 19.9 Å². The van der Waals surface area contributed by atoms with Crippen LogP contribution in [0.3, 0.4) is 0 Å². The third-order valence-electron chi connectivity index (χ3n) is 5.11. The summed E-state index contributed by atoms with van der Waals surface area (Å²) >= 11 is 0. The molecule has 172 valence electrons. The van der Waals surface area contributed by atoms with Crippen molar-refractivity contribution in [2.24, 2.45) is 0 Å². The molecule has 2 amide bonds. The summed E-state index contributed by atoms with van der Waals surface area (Å²) < 4.78 is 31.1. The minimum atomic E-state index is -3.66. The Morgan fingerprint density at radius 3 is 2.31 bits per heavy atom. The third-order valence-corrected chi connectivity index (χ3v) is 6.93. The summed E-state index contributed by atoms with van der Waals surface area (Å²) in [6.45, 7) is 2.88. The number of nitrogens with one attached hydrogen (secondary N) is 1. The van der Waals surface area contributed by atoms with E-state index in [9.17, 15) is 18.0 Å². The number of amides is 2. The molecule has 0 spiro atoms. The van der Waals surface area contributed by atoms with Crippen LogP contribution in [0.15, 0.2) is 53.4 Å². The number of carbonyl (C=O) groups excluding carboxylic acids is 2. The maximum Gasteiger partial charge on any atom is 0.254 e. The second kappa shape index (κ2) is 10.1. The summed E-state index contributed by atoms with van der Waals surface area (Å²) in [7, 11) is 0.684. The number of ether oxygens (including phenoxy) is 1. The molecule has 1 N–H and O–H groups in total. The molecule has 1 heterocycles. The number of hydrogen-bond donors (Lipinski definition) is 1. The number of rotatable bonds is 7. The van der Waals surface area contributed by atoms with Crippen molar-refractivity contribution >= 4 is 33.2 Å². The molecule has 1 aliphatic rings. The Kier molecular flexibility index (Phi) is 7.49. The van der Waals surface area contributed by atoms with Gasteiger partial charge in [0, 0.05) is 51.2 Å². The van der Waals surface area contributed by atoms with E-state index in [1.807, 2.05) is 24.3 Å². The quantitative estimate of drug-likeness (QED) is 0.672. The zero-order valence-corrected chi connectivity index (χ0v) is 19.3. The highest BCUT2D eigenvalue weighted by atomic mass is 32.2. The average molecular weight is 461 g/mol. The first-order valence-corrected chi connectivity index (χ1v) is 11.6. The number of carbonyl (C=O) groups is 2. The first kappa shape index (κ1) is 23.7. The zero-order valence-electron chi connectivity index (χ0n) is 18.4. The minimum Gasteiger partial charge on any atom is -0.378 e. The summed E-state index contributed by atoms with van der Waals surface area (Å²) in [5, 5.41) is 2.78. The topological polar surface area (TPSA) is 99.3 Å². The molecule has 9 nitrogen and oxygen atoms in total. The van der Waals surface area contributed by atoms with E-state index in [2.05, 4.69) is 10.2 Å². The van der Waals surface area contributed by atoms with Crippen LogP contribution in [0, 0.1) is 0 Å². The Morgan fingerprint density at radius 1 is 1.03 bits per heavy atom. The second-order valence-electron chi connectivity index (χ2n) is 7.67. The standard InChI is InChI=1S/C22H28N4O5S/c1-24(2)32(29,30)20-6-4-5-17(15-20)22(28)25(3)16-21(27)23-18-7-9-19(10-8-18)26-11-13-31-14-12-26/h4-10,15H,11-14,16H2,1-3H3,(H,23,27). The van der Waals surface area contributed by atoms with Gasteiger partial charge in [0.25, 0.3) is 5.91 Å². The van der Waals surface area contributed by atoms with Crippen molar-refractivity contribution in [1.82, 2.24) is 9.21 Å². The summed E-state index contributed by atoms with van der Waals surface area (Å²) in [5.41, 5.74) is 1.89. The lowest BCUT2D eigenvalue weighted by atomic mass is 10.2. The van der Waals surface area contributed by atoms with Gasteiger partial charge in [0.15, 0.2) is 0 Å². The van der Waals surface area contributed by atoms with Gasteiger partial charge in [-0.2, -0.15) is 0 Å². The largest absolute Gasteiger partial charge is 0.378 e. The van der Waals surface area contributed by atoms with Crippen molar-refractivity contribution in [1.29, 1.82) is 0 Å². The number of sulfonamides is 1. The number of hydrogen-bond acceptors (Lipinski definition) is 6. The van der Waals surface area contributed by atoms with Crippen molar-refractivity contribution in [2.45, 2.75) is 4.90 Å². The van der Waals surface area contributed by atoms with Crippen molar-refractivity contribution in [3.8, 4) is 0 Å². The molecule has 2 aromatic carbocycles. The Balaban J connectivity index is 1.60. The normalized spacial score (nSPS) is 14.3. The van der Waals surface area contributed by atoms with Gasteiger partial charge in [0.1, 0.15) is 0 Å². The Hall–Kier alpha value is -2.95. The van der Waals surface area contributed by atoms with Gasteiger partial charge in [-0.05, 0) is 42.5 Å². The average Bonchev–Trinajstić information content (AvgIpc) is 2.79. The van der Waals surface area contributed by atoms with E-state index in [4.69, 9.17) is 4.74 Å². The van der Waals surface area contributed by atoms with E-state index in [1.165, 1.54) is 50.3 Å². The van der Waals surface area contributed by atoms with E-state index in [0.717, 1.165) is 23.1 Å². The molecule has 0 radical (unpaired) electrons. The highest BCUT2D eigenvalue weighted by Crippen LogP contribution is 2.19. The molecular weight excluding hydrogens is 432 g/mol. The number of anilines is 2. The Bertz CT molecular complexity index is 1060. The predicted molar refractivity (Wildman–Crippen MR) is 122 cm³/mol. The zero-order chi connectivity index (χ0) is 23.3. The second-order valence-corrected chi connectivity index (χ2v) is 9.82. The van der Waals surface area contributed by atoms with E-state index >= 15 is 0 Å². The number of benzene rings is 2. The number of morpholine rings is 1. The van der Waals surface area contributed by atoms with Crippen LogP contribution in [0.25, 0.3) is 0 Å². The Labute approximate surface area is 188 Å². The molecular formula is C22H28N4O5S. The van der Waals surface area contributed by atoms with E-state index in [-0.39, 0.29) is 22.9 Å². The van der Waals surface area contributed by atoms with Gasteiger partial charge in [-0.15, -0.1) is 0 Å². The van der Waals surface area contributed by atoms with Crippen LogP contribution in [-0.4, -0.2) is 83.4 Å². The smallest absolute Gasteiger partial charge is 0.254 e. The van der Waals surface area contributed by atoms with Crippen LogP contribution in [0.1, 0.15) is 10.4 Å². The maximum atomic E-state index is 12.7. The molecule has 0 saturated carbocycles. The first-order valence-electron chi connectivity index (χ1n) is 10.2. The molecule has 1 fully saturated rings. The molecule has 0 aromatic heterocycles. The van der Waals surface area contributed by atoms with Gasteiger partial charge in [-0.1, -0.05) is 6.07 Å². The Morgan fingerprint density at radius 2 is 1.69 bits per heavy atom. The molecule has 10 heteroatoms. The monoisotopic (exact) mass is 460 g/mol. The SMILES string of the molecule is CN(CC(=O)Nc1ccc(N2CCOCC2)cc1)C(=O)c1cccc(S(=O)(=O)N(C)C)c1. The molecule has 0 unspecified atom stereocenters. The molecule has 0 atom stereocenters. The molecule has 0 aliphatic carbocycles. The summed E-state index contributed by atoms with van der Waals surface area (Å²) in [6.07, 6.45) is 0. The first-order chi connectivity index (χ1) is 15.2. The fraction of sp³-hybridized carbons (Fsp3) is 0.364. The summed E-state index contributed by atoms with van der Waals surface area (Å²) in [4.78, 5) is 28.6. The van der Waals surface area contributed by atoms with Gasteiger partial charge in [-0.25, -0.2) is 12.7 Å². The highest BCUT2D eigenvalue weighted by molar-refractivity contribution is 7.89. The van der Waals surface area contributed by atoms with E-state index in [1.54, 1.807) is 0 Å². The molecule has 1 saturated heterocycles. The summed E-state index contributed by atoms with van der Waals surface area (Å²) in [6, 6.07) is 13.3. The van der Waals surface area contributed by atoms with Crippen LogP contribution in [0.2, 0.25) is 0 Å². The molecule has 1 aliphatic heterocycles. The van der Waals surface area contributed by atoms with Gasteiger partial charge in [0.05, 0.1) is 24.7 Å². The number of likely N-dealkylation sites (N-methyl/N-ethyl adjacent to an activating group) is 1. The van der Waals surface area contributed by atoms with Crippen molar-refractivity contribution in [3.63, 3.8) is 0 Å². The fourth-order valence-corrected chi connectivity index (χ4v) is 4.23. The van der Waals surface area contributed by atoms with E-state index in [0.29, 0.717) is 18.9 Å². The van der Waals surface area contributed by atoms with Gasteiger partial charge in [-0.3, -0.25) is 9.59 Å². The van der Waals surface area contributed by atoms with Crippen molar-refractivity contribution in [3.05, 3.63) is 54.1 Å². The lowest BCUT2D eigenvalue weighted by Gasteiger charge is -2.28. The van der Waals surface area contributed by atoms with Crippen molar-refractivity contribution in [2.75, 3.05) is 64.2 Å². The molecule has 0 bridgehead atoms. The highest BCUT2D eigenvalue weighted by Gasteiger charge is 2.21. The molecule has 3 rings (SSSR count). The van der Waals surface area contributed by atoms with Crippen LogP contribution in [0.5, 0.6) is 0 Å². The van der Waals surface area contributed by atoms with E-state index < -0.39 is 15.9 Å². The lowest BCUT2D eigenvalue weighted by molar-refractivity contribution is -0.116. The van der Waals surface area contributed by atoms with Crippen LogP contribution in [0.4, 0.5) is 11.4 Å². The van der Waals surface area contributed by atoms with Crippen LogP contribution < -0.4 is 10.2 Å². The van der Waals surface area contributed by atoms with Crippen molar-refractivity contribution < 1.29 is 22.7 Å². The van der Waals surface area contributed by atoms with Gasteiger partial charge in [0.2, 0.25) is 15.9 Å². The van der Waals surface area contributed by atoms with Crippen LogP contribution in [-0.2, 0) is 19.6 Å². The van der Waals surface area contributed by atoms with Gasteiger partial charge >= 0.3 is 0 Å². The maximum absolute atomic E-state index is 12.7. The lowest BCUT2D eigenvalue weighted by Crippen LogP contribution is -2.36. The predicted octanol–water partition coefficient (Wildman–Crippen LogP) is 1.48.